The number of aromatic nitrogens is 2. The van der Waals surface area contributed by atoms with Crippen LogP contribution in [0.25, 0.3) is 0 Å². The topological polar surface area (TPSA) is 67.0 Å². The first kappa shape index (κ1) is 12.7. The van der Waals surface area contributed by atoms with Gasteiger partial charge in [0.1, 0.15) is 11.6 Å². The second-order valence-electron chi connectivity index (χ2n) is 3.38. The van der Waals surface area contributed by atoms with Gasteiger partial charge in [-0.3, -0.25) is 9.89 Å². The Balaban J connectivity index is 1.91. The van der Waals surface area contributed by atoms with Crippen molar-refractivity contribution in [2.45, 2.75) is 0 Å². The van der Waals surface area contributed by atoms with Crippen LogP contribution in [0.4, 0.5) is 5.82 Å². The van der Waals surface area contributed by atoms with E-state index in [1.807, 2.05) is 0 Å². The Labute approximate surface area is 113 Å². The molecule has 0 aliphatic carbocycles. The molecule has 0 bridgehead atoms. The van der Waals surface area contributed by atoms with Crippen molar-refractivity contribution in [2.75, 3.05) is 11.9 Å². The average Bonchev–Trinajstić information content (AvgIpc) is 2.83. The van der Waals surface area contributed by atoms with Crippen molar-refractivity contribution in [3.63, 3.8) is 0 Å². The maximum absolute atomic E-state index is 11.5. The van der Waals surface area contributed by atoms with Crippen LogP contribution in [0.1, 0.15) is 0 Å². The maximum atomic E-state index is 11.5. The summed E-state index contributed by atoms with van der Waals surface area (Å²) in [6, 6.07) is 6.42. The van der Waals surface area contributed by atoms with Crippen LogP contribution in [-0.2, 0) is 4.79 Å². The van der Waals surface area contributed by atoms with E-state index in [9.17, 15) is 4.79 Å². The van der Waals surface area contributed by atoms with Crippen LogP contribution < -0.4 is 10.1 Å². The minimum atomic E-state index is -0.324. The van der Waals surface area contributed by atoms with E-state index in [1.54, 1.807) is 24.3 Å². The van der Waals surface area contributed by atoms with E-state index in [-0.39, 0.29) is 12.5 Å². The quantitative estimate of drug-likeness (QED) is 0.908. The molecule has 1 aromatic carbocycles. The molecule has 1 heterocycles. The Morgan fingerprint density at radius 2 is 2.22 bits per heavy atom. The van der Waals surface area contributed by atoms with Gasteiger partial charge < -0.3 is 10.1 Å². The Bertz CT molecular complexity index is 543. The summed E-state index contributed by atoms with van der Waals surface area (Å²) in [7, 11) is 0. The number of anilines is 1. The van der Waals surface area contributed by atoms with E-state index < -0.39 is 0 Å². The summed E-state index contributed by atoms with van der Waals surface area (Å²) >= 11 is 11.7. The Morgan fingerprint density at radius 3 is 2.94 bits per heavy atom. The minimum Gasteiger partial charge on any atom is -0.482 e. The zero-order chi connectivity index (χ0) is 13.0. The lowest BCUT2D eigenvalue weighted by Gasteiger charge is -2.08. The lowest BCUT2D eigenvalue weighted by molar-refractivity contribution is -0.118. The normalized spacial score (nSPS) is 10.1. The molecule has 18 heavy (non-hydrogen) atoms. The summed E-state index contributed by atoms with van der Waals surface area (Å²) in [6.45, 7) is -0.168. The van der Waals surface area contributed by atoms with Crippen LogP contribution in [0.15, 0.2) is 30.5 Å². The zero-order valence-corrected chi connectivity index (χ0v) is 10.6. The van der Waals surface area contributed by atoms with Gasteiger partial charge in [0.05, 0.1) is 11.2 Å². The number of nitrogens with one attached hydrogen (secondary N) is 2. The number of halogens is 2. The molecule has 94 valence electrons. The third kappa shape index (κ3) is 3.38. The highest BCUT2D eigenvalue weighted by molar-refractivity contribution is 6.34. The molecule has 2 aromatic rings. The van der Waals surface area contributed by atoms with E-state index in [1.165, 1.54) is 6.20 Å². The standard InChI is InChI=1S/C11H9Cl2N3O2/c12-7-1-2-8(13)9(5-7)18-6-11(17)15-10-3-4-14-16-10/h1-5H,6H2,(H2,14,15,16,17). The monoisotopic (exact) mass is 285 g/mol. The summed E-state index contributed by atoms with van der Waals surface area (Å²) in [5.74, 6) is 0.542. The molecular weight excluding hydrogens is 277 g/mol. The second-order valence-corrected chi connectivity index (χ2v) is 4.23. The van der Waals surface area contributed by atoms with E-state index in [4.69, 9.17) is 27.9 Å². The van der Waals surface area contributed by atoms with Gasteiger partial charge in [-0.05, 0) is 12.1 Å². The minimum absolute atomic E-state index is 0.168. The number of hydrogen-bond donors (Lipinski definition) is 2. The first-order chi connectivity index (χ1) is 8.65. The summed E-state index contributed by atoms with van der Waals surface area (Å²) in [5, 5.41) is 9.76. The lowest BCUT2D eigenvalue weighted by Crippen LogP contribution is -2.20. The molecule has 0 saturated carbocycles. The molecule has 0 unspecified atom stereocenters. The molecule has 1 aromatic heterocycles. The highest BCUT2D eigenvalue weighted by Gasteiger charge is 2.07. The number of benzene rings is 1. The third-order valence-electron chi connectivity index (χ3n) is 2.03. The van der Waals surface area contributed by atoms with Gasteiger partial charge in [0.25, 0.3) is 5.91 Å². The van der Waals surface area contributed by atoms with E-state index >= 15 is 0 Å². The van der Waals surface area contributed by atoms with Gasteiger partial charge in [0.2, 0.25) is 0 Å². The Morgan fingerprint density at radius 1 is 1.39 bits per heavy atom. The van der Waals surface area contributed by atoms with Gasteiger partial charge in [-0.25, -0.2) is 0 Å². The lowest BCUT2D eigenvalue weighted by atomic mass is 10.3. The van der Waals surface area contributed by atoms with E-state index in [0.29, 0.717) is 21.6 Å². The molecule has 7 heteroatoms. The molecule has 2 rings (SSSR count). The number of carbonyl (C=O) groups is 1. The van der Waals surface area contributed by atoms with E-state index in [0.717, 1.165) is 0 Å². The summed E-state index contributed by atoms with van der Waals surface area (Å²) < 4.78 is 5.27. The van der Waals surface area contributed by atoms with Gasteiger partial charge >= 0.3 is 0 Å². The van der Waals surface area contributed by atoms with Crippen molar-refractivity contribution in [1.29, 1.82) is 0 Å². The highest BCUT2D eigenvalue weighted by Crippen LogP contribution is 2.27. The number of nitrogens with zero attached hydrogens (tertiary/aromatic N) is 1. The van der Waals surface area contributed by atoms with Crippen molar-refractivity contribution in [1.82, 2.24) is 10.2 Å². The molecule has 0 radical (unpaired) electrons. The Hall–Kier alpha value is -1.72. The Kier molecular flexibility index (Phi) is 4.07. The third-order valence-corrected chi connectivity index (χ3v) is 2.57. The fraction of sp³-hybridized carbons (Fsp3) is 0.0909. The van der Waals surface area contributed by atoms with Crippen molar-refractivity contribution < 1.29 is 9.53 Å². The highest BCUT2D eigenvalue weighted by atomic mass is 35.5. The van der Waals surface area contributed by atoms with Crippen LogP contribution in [0, 0.1) is 0 Å². The number of ether oxygens (including phenoxy) is 1. The summed E-state index contributed by atoms with van der Waals surface area (Å²) in [5.41, 5.74) is 0. The number of carbonyl (C=O) groups excluding carboxylic acids is 1. The molecule has 0 atom stereocenters. The first-order valence-electron chi connectivity index (χ1n) is 5.02. The average molecular weight is 286 g/mol. The van der Waals surface area contributed by atoms with Gasteiger partial charge in [-0.2, -0.15) is 5.10 Å². The second kappa shape index (κ2) is 5.75. The fourth-order valence-electron chi connectivity index (χ4n) is 1.24. The molecule has 0 spiro atoms. The molecule has 5 nitrogen and oxygen atoms in total. The van der Waals surface area contributed by atoms with Gasteiger partial charge in [-0.15, -0.1) is 0 Å². The number of aromatic amines is 1. The molecule has 0 saturated heterocycles. The smallest absolute Gasteiger partial charge is 0.263 e. The molecule has 0 fully saturated rings. The van der Waals surface area contributed by atoms with Crippen molar-refractivity contribution in [3.8, 4) is 5.75 Å². The van der Waals surface area contributed by atoms with E-state index in [2.05, 4.69) is 15.5 Å². The molecule has 0 aliphatic rings. The zero-order valence-electron chi connectivity index (χ0n) is 9.11. The van der Waals surface area contributed by atoms with Crippen LogP contribution in [0.3, 0.4) is 0 Å². The largest absolute Gasteiger partial charge is 0.482 e. The molecule has 1 amide bonds. The van der Waals surface area contributed by atoms with Crippen LogP contribution in [0.5, 0.6) is 5.75 Å². The van der Waals surface area contributed by atoms with Gasteiger partial charge in [0, 0.05) is 17.2 Å². The number of H-pyrrole nitrogens is 1. The summed E-state index contributed by atoms with van der Waals surface area (Å²) in [6.07, 6.45) is 1.53. The molecule has 0 aliphatic heterocycles. The van der Waals surface area contributed by atoms with Crippen molar-refractivity contribution in [2.24, 2.45) is 0 Å². The maximum Gasteiger partial charge on any atom is 0.263 e. The van der Waals surface area contributed by atoms with Gasteiger partial charge in [0.15, 0.2) is 6.61 Å². The predicted molar refractivity (Wildman–Crippen MR) is 69.2 cm³/mol. The fourth-order valence-corrected chi connectivity index (χ4v) is 1.58. The molecular formula is C11H9Cl2N3O2. The predicted octanol–water partition coefficient (Wildman–Crippen LogP) is 2.73. The first-order valence-corrected chi connectivity index (χ1v) is 5.78. The van der Waals surface area contributed by atoms with Crippen molar-refractivity contribution in [3.05, 3.63) is 40.5 Å². The number of hydrogen-bond acceptors (Lipinski definition) is 3. The number of rotatable bonds is 4. The van der Waals surface area contributed by atoms with Crippen molar-refractivity contribution >= 4 is 34.9 Å². The molecule has 2 N–H and O–H groups in total. The number of amides is 1. The summed E-state index contributed by atoms with van der Waals surface area (Å²) in [4.78, 5) is 11.5. The van der Waals surface area contributed by atoms with Crippen LogP contribution in [0.2, 0.25) is 10.0 Å². The van der Waals surface area contributed by atoms with Crippen LogP contribution in [-0.4, -0.2) is 22.7 Å². The van der Waals surface area contributed by atoms with Gasteiger partial charge in [-0.1, -0.05) is 23.2 Å². The van der Waals surface area contributed by atoms with Crippen LogP contribution >= 0.6 is 23.2 Å². The SMILES string of the molecule is O=C(COc1cc(Cl)ccc1Cl)Nc1ccn[nH]1.